The predicted molar refractivity (Wildman–Crippen MR) is 84.6 cm³/mol. The number of nitrogens with zero attached hydrogens (tertiary/aromatic N) is 5. The summed E-state index contributed by atoms with van der Waals surface area (Å²) >= 11 is 2.42. The van der Waals surface area contributed by atoms with E-state index in [1.54, 1.807) is 24.6 Å². The zero-order chi connectivity index (χ0) is 16.6. The van der Waals surface area contributed by atoms with Gasteiger partial charge in [0.15, 0.2) is 5.16 Å². The molecule has 3 aromatic heterocycles. The normalized spacial score (nSPS) is 10.6. The summed E-state index contributed by atoms with van der Waals surface area (Å²) in [6.07, 6.45) is 0. The summed E-state index contributed by atoms with van der Waals surface area (Å²) in [4.78, 5) is 31.3. The van der Waals surface area contributed by atoms with Gasteiger partial charge in [-0.15, -0.1) is 11.3 Å². The summed E-state index contributed by atoms with van der Waals surface area (Å²) in [7, 11) is 1.59. The third kappa shape index (κ3) is 2.67. The molecule has 23 heavy (non-hydrogen) atoms. The Morgan fingerprint density at radius 2 is 2.17 bits per heavy atom. The van der Waals surface area contributed by atoms with Crippen LogP contribution in [0.3, 0.4) is 0 Å². The van der Waals surface area contributed by atoms with Crippen molar-refractivity contribution in [3.63, 3.8) is 0 Å². The van der Waals surface area contributed by atoms with E-state index in [-0.39, 0.29) is 16.9 Å². The van der Waals surface area contributed by atoms with Crippen LogP contribution in [0, 0.1) is 21.4 Å². The van der Waals surface area contributed by atoms with Crippen LogP contribution in [0.15, 0.2) is 38.6 Å². The van der Waals surface area contributed by atoms with E-state index in [2.05, 4.69) is 9.97 Å². The molecule has 10 heteroatoms. The van der Waals surface area contributed by atoms with Gasteiger partial charge in [-0.1, -0.05) is 0 Å². The molecule has 0 amide bonds. The van der Waals surface area contributed by atoms with Gasteiger partial charge in [0.1, 0.15) is 15.9 Å². The van der Waals surface area contributed by atoms with Crippen LogP contribution in [-0.2, 0) is 7.05 Å². The first-order valence-corrected chi connectivity index (χ1v) is 7.88. The number of fused-ring (bicyclic) bond motifs is 1. The first-order chi connectivity index (χ1) is 11.0. The van der Waals surface area contributed by atoms with Gasteiger partial charge in [0.25, 0.3) is 5.56 Å². The average Bonchev–Trinajstić information content (AvgIpc) is 3.00. The molecular weight excluding hydrogens is 338 g/mol. The monoisotopic (exact) mass is 345 g/mol. The average molecular weight is 345 g/mol. The van der Waals surface area contributed by atoms with E-state index in [4.69, 9.17) is 5.26 Å². The number of nitriles is 1. The SMILES string of the molecule is Cn1c(Sc2ccc([N+](=O)[O-])c(C#N)n2)nc2sccc2c1=O. The van der Waals surface area contributed by atoms with Crippen molar-refractivity contribution in [2.45, 2.75) is 10.2 Å². The summed E-state index contributed by atoms with van der Waals surface area (Å²) in [6.45, 7) is 0. The highest BCUT2D eigenvalue weighted by molar-refractivity contribution is 7.99. The molecule has 3 rings (SSSR count). The number of pyridine rings is 1. The largest absolute Gasteiger partial charge is 0.305 e. The quantitative estimate of drug-likeness (QED) is 0.406. The minimum Gasteiger partial charge on any atom is -0.290 e. The summed E-state index contributed by atoms with van der Waals surface area (Å²) in [6, 6.07) is 6.05. The van der Waals surface area contributed by atoms with Crippen molar-refractivity contribution in [3.8, 4) is 6.07 Å². The molecule has 0 aliphatic heterocycles. The Morgan fingerprint density at radius 3 is 2.87 bits per heavy atom. The van der Waals surface area contributed by atoms with Crippen molar-refractivity contribution in [3.05, 3.63) is 49.7 Å². The molecule has 0 spiro atoms. The van der Waals surface area contributed by atoms with Gasteiger partial charge in [0, 0.05) is 13.1 Å². The molecule has 0 aliphatic carbocycles. The van der Waals surface area contributed by atoms with Gasteiger partial charge < -0.3 is 0 Å². The van der Waals surface area contributed by atoms with Crippen LogP contribution in [0.2, 0.25) is 0 Å². The molecule has 3 heterocycles. The predicted octanol–water partition coefficient (Wildman–Crippen LogP) is 2.32. The van der Waals surface area contributed by atoms with Crippen molar-refractivity contribution in [2.75, 3.05) is 0 Å². The summed E-state index contributed by atoms with van der Waals surface area (Å²) in [5.74, 6) is 0. The third-order valence-corrected chi connectivity index (χ3v) is 4.80. The first kappa shape index (κ1) is 15.1. The van der Waals surface area contributed by atoms with Gasteiger partial charge in [-0.05, 0) is 29.3 Å². The van der Waals surface area contributed by atoms with E-state index in [0.717, 1.165) is 11.8 Å². The number of aromatic nitrogens is 3. The Kier molecular flexibility index (Phi) is 3.81. The maximum atomic E-state index is 12.2. The van der Waals surface area contributed by atoms with Gasteiger partial charge in [0.05, 0.1) is 10.3 Å². The lowest BCUT2D eigenvalue weighted by Gasteiger charge is -2.06. The Labute approximate surface area is 137 Å². The molecule has 0 saturated carbocycles. The maximum Gasteiger partial charge on any atom is 0.305 e. The molecule has 0 unspecified atom stereocenters. The lowest BCUT2D eigenvalue weighted by Crippen LogP contribution is -2.19. The van der Waals surface area contributed by atoms with Gasteiger partial charge in [-0.3, -0.25) is 19.5 Å². The van der Waals surface area contributed by atoms with Crippen LogP contribution in [-0.4, -0.2) is 19.5 Å². The molecule has 0 aliphatic rings. The molecule has 3 aromatic rings. The van der Waals surface area contributed by atoms with Crippen molar-refractivity contribution in [1.82, 2.24) is 14.5 Å². The number of thiophene rings is 1. The van der Waals surface area contributed by atoms with Crippen LogP contribution in [0.4, 0.5) is 5.69 Å². The second-order valence-electron chi connectivity index (χ2n) is 4.39. The Morgan fingerprint density at radius 1 is 1.39 bits per heavy atom. The van der Waals surface area contributed by atoms with Crippen LogP contribution >= 0.6 is 23.1 Å². The Hall–Kier alpha value is -2.77. The van der Waals surface area contributed by atoms with E-state index < -0.39 is 4.92 Å². The Balaban J connectivity index is 2.06. The fraction of sp³-hybridized carbons (Fsp3) is 0.0769. The molecular formula is C13H7N5O3S2. The number of hydrogen-bond acceptors (Lipinski definition) is 8. The highest BCUT2D eigenvalue weighted by Crippen LogP contribution is 2.28. The molecule has 114 valence electrons. The van der Waals surface area contributed by atoms with E-state index >= 15 is 0 Å². The van der Waals surface area contributed by atoms with Gasteiger partial charge in [-0.2, -0.15) is 5.26 Å². The van der Waals surface area contributed by atoms with Crippen molar-refractivity contribution in [1.29, 1.82) is 5.26 Å². The molecule has 0 bridgehead atoms. The van der Waals surface area contributed by atoms with E-state index in [1.807, 2.05) is 0 Å². The van der Waals surface area contributed by atoms with Crippen LogP contribution in [0.25, 0.3) is 10.2 Å². The van der Waals surface area contributed by atoms with E-state index in [9.17, 15) is 14.9 Å². The zero-order valence-electron chi connectivity index (χ0n) is 11.6. The minimum atomic E-state index is -0.661. The molecule has 0 N–H and O–H groups in total. The van der Waals surface area contributed by atoms with Crippen LogP contribution in [0.1, 0.15) is 5.69 Å². The fourth-order valence-electron chi connectivity index (χ4n) is 1.89. The minimum absolute atomic E-state index is 0.179. The number of hydrogen-bond donors (Lipinski definition) is 0. The summed E-state index contributed by atoms with van der Waals surface area (Å²) < 4.78 is 1.38. The van der Waals surface area contributed by atoms with Gasteiger partial charge in [0.2, 0.25) is 5.69 Å². The number of nitro groups is 1. The van der Waals surface area contributed by atoms with E-state index in [0.29, 0.717) is 20.4 Å². The molecule has 0 radical (unpaired) electrons. The van der Waals surface area contributed by atoms with Crippen LogP contribution in [0.5, 0.6) is 0 Å². The van der Waals surface area contributed by atoms with E-state index in [1.165, 1.54) is 28.0 Å². The zero-order valence-corrected chi connectivity index (χ0v) is 13.2. The number of rotatable bonds is 3. The van der Waals surface area contributed by atoms with Gasteiger partial charge >= 0.3 is 5.69 Å². The van der Waals surface area contributed by atoms with Crippen molar-refractivity contribution < 1.29 is 4.92 Å². The standard InChI is InChI=1S/C13H7N5O3S2/c1-17-12(19)7-4-5-22-11(7)16-13(17)23-10-3-2-9(18(20)21)8(6-14)15-10/h2-5H,1H3. The third-order valence-electron chi connectivity index (χ3n) is 3.01. The molecule has 8 nitrogen and oxygen atoms in total. The summed E-state index contributed by atoms with van der Waals surface area (Å²) in [5, 5.41) is 22.9. The van der Waals surface area contributed by atoms with Crippen molar-refractivity contribution >= 4 is 39.0 Å². The smallest absolute Gasteiger partial charge is 0.290 e. The topological polar surface area (TPSA) is 115 Å². The molecule has 0 aromatic carbocycles. The maximum absolute atomic E-state index is 12.2. The van der Waals surface area contributed by atoms with Gasteiger partial charge in [-0.25, -0.2) is 9.97 Å². The van der Waals surface area contributed by atoms with Crippen LogP contribution < -0.4 is 5.56 Å². The second-order valence-corrected chi connectivity index (χ2v) is 6.27. The van der Waals surface area contributed by atoms with Crippen molar-refractivity contribution in [2.24, 2.45) is 7.05 Å². The molecule has 0 saturated heterocycles. The Bertz CT molecular complexity index is 1030. The molecule has 0 atom stereocenters. The fourth-order valence-corrected chi connectivity index (χ4v) is 3.51. The molecule has 0 fully saturated rings. The second kappa shape index (κ2) is 5.79. The lowest BCUT2D eigenvalue weighted by molar-refractivity contribution is -0.385. The summed E-state index contributed by atoms with van der Waals surface area (Å²) in [5.41, 5.74) is -0.809. The highest BCUT2D eigenvalue weighted by Gasteiger charge is 2.17. The lowest BCUT2D eigenvalue weighted by atomic mass is 10.3. The highest BCUT2D eigenvalue weighted by atomic mass is 32.2. The first-order valence-electron chi connectivity index (χ1n) is 6.19.